The molecule has 0 aromatic heterocycles. The predicted molar refractivity (Wildman–Crippen MR) is 85.4 cm³/mol. The van der Waals surface area contributed by atoms with Crippen LogP contribution in [0.1, 0.15) is 35.1 Å². The van der Waals surface area contributed by atoms with Crippen LogP contribution in [-0.4, -0.2) is 28.0 Å². The maximum atomic E-state index is 12.2. The summed E-state index contributed by atoms with van der Waals surface area (Å²) in [7, 11) is 0. The lowest BCUT2D eigenvalue weighted by Gasteiger charge is -2.12. The maximum absolute atomic E-state index is 12.2. The van der Waals surface area contributed by atoms with E-state index in [2.05, 4.69) is 16.9 Å². The summed E-state index contributed by atoms with van der Waals surface area (Å²) in [5, 5.41) is 8.75. The van der Waals surface area contributed by atoms with Gasteiger partial charge in [-0.15, -0.1) is 0 Å². The van der Waals surface area contributed by atoms with E-state index in [4.69, 9.17) is 5.11 Å². The van der Waals surface area contributed by atoms with Crippen molar-refractivity contribution >= 4 is 23.0 Å². The van der Waals surface area contributed by atoms with Gasteiger partial charge in [-0.3, -0.25) is 4.79 Å². The van der Waals surface area contributed by atoms with Gasteiger partial charge in [0.15, 0.2) is 0 Å². The molecule has 0 spiro atoms. The van der Waals surface area contributed by atoms with Crippen molar-refractivity contribution < 1.29 is 14.7 Å². The third-order valence-corrected chi connectivity index (χ3v) is 6.21. The molecule has 0 radical (unpaired) electrons. The lowest BCUT2D eigenvalue weighted by Crippen LogP contribution is -2.41. The van der Waals surface area contributed by atoms with Crippen molar-refractivity contribution in [3.8, 4) is 0 Å². The Balaban J connectivity index is 2.04. The van der Waals surface area contributed by atoms with Gasteiger partial charge in [-0.05, 0) is 43.9 Å². The number of benzene rings is 1. The van der Waals surface area contributed by atoms with Crippen molar-refractivity contribution in [2.24, 2.45) is 0 Å². The summed E-state index contributed by atoms with van der Waals surface area (Å²) in [5.41, 5.74) is 4.48. The highest BCUT2D eigenvalue weighted by Gasteiger charge is 2.43. The summed E-state index contributed by atoms with van der Waals surface area (Å²) in [6, 6.07) is 4.15. The number of aliphatic carboxylic acids is 1. The van der Waals surface area contributed by atoms with Gasteiger partial charge in [0.05, 0.1) is 6.42 Å². The van der Waals surface area contributed by atoms with Crippen molar-refractivity contribution in [2.75, 3.05) is 5.75 Å². The molecule has 1 amide bonds. The van der Waals surface area contributed by atoms with Crippen LogP contribution in [0.4, 0.5) is 0 Å². The normalized spacial score (nSPS) is 21.3. The van der Waals surface area contributed by atoms with Crippen molar-refractivity contribution in [1.29, 1.82) is 0 Å². The van der Waals surface area contributed by atoms with Gasteiger partial charge in [0.25, 0.3) is 5.91 Å². The zero-order chi connectivity index (χ0) is 15.6. The molecule has 0 saturated carbocycles. The van der Waals surface area contributed by atoms with Crippen LogP contribution in [0.5, 0.6) is 0 Å². The quantitative estimate of drug-likeness (QED) is 0.837. The summed E-state index contributed by atoms with van der Waals surface area (Å²) in [4.78, 5) is 23.4. The fourth-order valence-electron chi connectivity index (χ4n) is 2.91. The third kappa shape index (κ3) is 3.79. The number of amides is 1. The Hall–Kier alpha value is -1.49. The van der Waals surface area contributed by atoms with E-state index in [0.717, 1.165) is 28.9 Å². The molecule has 1 heterocycles. The topological polar surface area (TPSA) is 66.4 Å². The highest BCUT2D eigenvalue weighted by Crippen LogP contribution is 2.21. The molecule has 2 atom stereocenters. The van der Waals surface area contributed by atoms with E-state index in [-0.39, 0.29) is 5.91 Å². The summed E-state index contributed by atoms with van der Waals surface area (Å²) in [6.45, 7) is 6.07. The minimum absolute atomic E-state index is 0.0680. The van der Waals surface area contributed by atoms with Crippen LogP contribution < -0.4 is 4.72 Å². The highest BCUT2D eigenvalue weighted by molar-refractivity contribution is 7.97. The minimum atomic E-state index is -0.793. The molecule has 1 aliphatic rings. The second-order valence-electron chi connectivity index (χ2n) is 5.68. The van der Waals surface area contributed by atoms with E-state index < -0.39 is 22.3 Å². The van der Waals surface area contributed by atoms with Crippen LogP contribution in [0.2, 0.25) is 0 Å². The van der Waals surface area contributed by atoms with E-state index in [1.54, 1.807) is 0 Å². The first-order valence-electron chi connectivity index (χ1n) is 7.17. The number of hydrogen-bond donors (Lipinski definition) is 2. The maximum Gasteiger partial charge on any atom is 0.359 e. The van der Waals surface area contributed by atoms with E-state index in [1.165, 1.54) is 5.56 Å². The summed E-state index contributed by atoms with van der Waals surface area (Å²) >= 11 is -0.516. The lowest BCUT2D eigenvalue weighted by molar-refractivity contribution is -0.136. The van der Waals surface area contributed by atoms with Crippen molar-refractivity contribution in [1.82, 2.24) is 4.72 Å². The Morgan fingerprint density at radius 2 is 1.90 bits per heavy atom. The number of carboxylic acid groups (broad SMARTS) is 1. The number of rotatable bonds is 4. The minimum Gasteiger partial charge on any atom is -0.477 e. The molecule has 1 aliphatic heterocycles. The van der Waals surface area contributed by atoms with Crippen molar-refractivity contribution in [2.45, 2.75) is 45.3 Å². The summed E-state index contributed by atoms with van der Waals surface area (Å²) in [5.74, 6) is -0.0745. The van der Waals surface area contributed by atoms with Crippen molar-refractivity contribution in [3.05, 3.63) is 34.4 Å². The largest absolute Gasteiger partial charge is 0.477 e. The second-order valence-corrected chi connectivity index (χ2v) is 7.72. The molecule has 1 fully saturated rings. The van der Waals surface area contributed by atoms with E-state index in [0.29, 0.717) is 12.8 Å². The molecule has 1 aromatic carbocycles. The van der Waals surface area contributed by atoms with Gasteiger partial charge in [0, 0.05) is 6.42 Å². The molecule has 0 bridgehead atoms. The van der Waals surface area contributed by atoms with Gasteiger partial charge < -0.3 is 5.11 Å². The van der Waals surface area contributed by atoms with Gasteiger partial charge in [0.1, 0.15) is 16.8 Å². The monoisotopic (exact) mass is 308 g/mol. The SMILES string of the molecule is Cc1cc(C)c(CC(=O)N[S+]2CCCC2C(=O)O)c(C)c1. The number of nitrogens with one attached hydrogen (secondary N) is 1. The molecule has 5 heteroatoms. The Morgan fingerprint density at radius 1 is 1.29 bits per heavy atom. The lowest BCUT2D eigenvalue weighted by atomic mass is 9.97. The van der Waals surface area contributed by atoms with Crippen LogP contribution in [0.3, 0.4) is 0 Å². The van der Waals surface area contributed by atoms with Crippen LogP contribution >= 0.6 is 0 Å². The molecular formula is C16H22NO3S+. The highest BCUT2D eigenvalue weighted by atomic mass is 32.2. The molecular weight excluding hydrogens is 286 g/mol. The molecule has 1 aromatic rings. The Kier molecular flexibility index (Phi) is 4.93. The Bertz CT molecular complexity index is 548. The number of hydrogen-bond acceptors (Lipinski definition) is 2. The number of carbonyl (C=O) groups excluding carboxylic acids is 1. The Morgan fingerprint density at radius 3 is 2.48 bits per heavy atom. The zero-order valence-corrected chi connectivity index (χ0v) is 13.5. The van der Waals surface area contributed by atoms with E-state index in [1.807, 2.05) is 20.8 Å². The number of carboxylic acids is 1. The van der Waals surface area contributed by atoms with Gasteiger partial charge in [-0.2, -0.15) is 4.72 Å². The van der Waals surface area contributed by atoms with Gasteiger partial charge in [0.2, 0.25) is 5.25 Å². The van der Waals surface area contributed by atoms with Gasteiger partial charge in [-0.25, -0.2) is 4.79 Å². The van der Waals surface area contributed by atoms with Crippen LogP contribution in [0.15, 0.2) is 12.1 Å². The molecule has 2 N–H and O–H groups in total. The number of carbonyl (C=O) groups is 2. The van der Waals surface area contributed by atoms with E-state index >= 15 is 0 Å². The third-order valence-electron chi connectivity index (χ3n) is 3.87. The molecule has 21 heavy (non-hydrogen) atoms. The number of aryl methyl sites for hydroxylation is 3. The summed E-state index contributed by atoms with van der Waals surface area (Å²) in [6.07, 6.45) is 1.87. The molecule has 1 saturated heterocycles. The predicted octanol–water partition coefficient (Wildman–Crippen LogP) is 2.05. The van der Waals surface area contributed by atoms with Crippen molar-refractivity contribution in [3.63, 3.8) is 0 Å². The zero-order valence-electron chi connectivity index (χ0n) is 12.7. The average Bonchev–Trinajstić information content (AvgIpc) is 2.82. The molecule has 4 nitrogen and oxygen atoms in total. The molecule has 2 rings (SSSR count). The van der Waals surface area contributed by atoms with Crippen LogP contribution in [0, 0.1) is 20.8 Å². The fraction of sp³-hybridized carbons (Fsp3) is 0.500. The fourth-order valence-corrected chi connectivity index (χ4v) is 4.97. The summed E-state index contributed by atoms with van der Waals surface area (Å²) < 4.78 is 2.94. The molecule has 114 valence electrons. The standard InChI is InChI=1S/C16H21NO3S/c1-10-7-11(2)13(12(3)8-10)9-15(18)17-21-6-4-5-14(21)16(19)20/h7-8,14H,4-6,9H2,1-3H3,(H-,17,18,19,20)/p+1. The first-order chi connectivity index (χ1) is 9.88. The Labute approximate surface area is 128 Å². The van der Waals surface area contributed by atoms with E-state index in [9.17, 15) is 9.59 Å². The van der Waals surface area contributed by atoms with Crippen LogP contribution in [0.25, 0.3) is 0 Å². The average molecular weight is 308 g/mol. The molecule has 2 unspecified atom stereocenters. The first kappa shape index (κ1) is 15.9. The molecule has 0 aliphatic carbocycles. The van der Waals surface area contributed by atoms with Gasteiger partial charge in [-0.1, -0.05) is 17.7 Å². The van der Waals surface area contributed by atoms with Gasteiger partial charge >= 0.3 is 5.97 Å². The van der Waals surface area contributed by atoms with Crippen LogP contribution in [-0.2, 0) is 27.1 Å². The smallest absolute Gasteiger partial charge is 0.359 e. The first-order valence-corrected chi connectivity index (χ1v) is 8.63. The second kappa shape index (κ2) is 6.52.